The van der Waals surface area contributed by atoms with E-state index in [4.69, 9.17) is 9.97 Å². The molecule has 0 saturated carbocycles. The van der Waals surface area contributed by atoms with Crippen molar-refractivity contribution in [2.75, 3.05) is 11.4 Å². The summed E-state index contributed by atoms with van der Waals surface area (Å²) < 4.78 is 6.52. The summed E-state index contributed by atoms with van der Waals surface area (Å²) in [4.78, 5) is 12.9. The number of nitrogens with zero attached hydrogens (tertiary/aromatic N) is 6. The molecule has 0 radical (unpaired) electrons. The first-order valence-corrected chi connectivity index (χ1v) is 13.9. The quantitative estimate of drug-likeness (QED) is 0.161. The molecule has 0 saturated heterocycles. The van der Waals surface area contributed by atoms with Crippen molar-refractivity contribution >= 4 is 55.4 Å². The fraction of sp³-hybridized carbons (Fsp3) is 0.0857. The van der Waals surface area contributed by atoms with Crippen molar-refractivity contribution in [2.45, 2.75) is 6.42 Å². The zero-order valence-corrected chi connectivity index (χ0v) is 23.7. The molecule has 0 bridgehead atoms. The second kappa shape index (κ2) is 9.33. The van der Waals surface area contributed by atoms with Gasteiger partial charge in [0.1, 0.15) is 23.1 Å². The second-order valence-corrected chi connectivity index (χ2v) is 10.6. The van der Waals surface area contributed by atoms with Gasteiger partial charge in [0.15, 0.2) is 0 Å². The Bertz CT molecular complexity index is 2250. The zero-order chi connectivity index (χ0) is 27.1. The maximum Gasteiger partial charge on any atom is 2.00 e. The molecule has 7 heteroatoms. The van der Waals surface area contributed by atoms with Crippen molar-refractivity contribution in [3.05, 3.63) is 121 Å². The van der Waals surface area contributed by atoms with Crippen LogP contribution in [-0.4, -0.2) is 30.2 Å². The fourth-order valence-corrected chi connectivity index (χ4v) is 6.50. The number of fused-ring (bicyclic) bond motifs is 7. The van der Waals surface area contributed by atoms with Gasteiger partial charge in [0.05, 0.1) is 5.52 Å². The molecule has 6 heterocycles. The van der Waals surface area contributed by atoms with Gasteiger partial charge in [-0.3, -0.25) is 4.57 Å². The molecule has 0 unspecified atom stereocenters. The Morgan fingerprint density at radius 3 is 2.19 bits per heavy atom. The van der Waals surface area contributed by atoms with Crippen LogP contribution in [0.3, 0.4) is 0 Å². The summed E-state index contributed by atoms with van der Waals surface area (Å²) in [7, 11) is 2.05. The Labute approximate surface area is 252 Å². The second-order valence-electron chi connectivity index (χ2n) is 10.6. The molecular weight excluding hydrogens is 563 g/mol. The van der Waals surface area contributed by atoms with Crippen LogP contribution < -0.4 is 4.90 Å². The van der Waals surface area contributed by atoms with Gasteiger partial charge < -0.3 is 14.0 Å². The summed E-state index contributed by atoms with van der Waals surface area (Å²) >= 11 is 0. The van der Waals surface area contributed by atoms with Crippen molar-refractivity contribution in [2.24, 2.45) is 7.05 Å². The minimum Gasteiger partial charge on any atom is -0.432 e. The molecule has 0 fully saturated rings. The van der Waals surface area contributed by atoms with Gasteiger partial charge in [-0.1, -0.05) is 48.0 Å². The molecule has 0 atom stereocenters. The topological polar surface area (TPSA) is 43.8 Å². The van der Waals surface area contributed by atoms with Gasteiger partial charge >= 0.3 is 16.5 Å². The molecule has 5 aromatic heterocycles. The van der Waals surface area contributed by atoms with Crippen LogP contribution in [0.4, 0.5) is 11.6 Å². The van der Waals surface area contributed by atoms with Gasteiger partial charge in [-0.05, 0) is 54.8 Å². The van der Waals surface area contributed by atoms with Crippen LogP contribution in [0.5, 0.6) is 0 Å². The van der Waals surface area contributed by atoms with Crippen molar-refractivity contribution in [3.63, 3.8) is 0 Å². The summed E-state index contributed by atoms with van der Waals surface area (Å²) in [6.07, 6.45) is 2.99. The Balaban J connectivity index is 0.00000267. The molecule has 204 valence electrons. The zero-order valence-electron chi connectivity index (χ0n) is 22.7. The van der Waals surface area contributed by atoms with Crippen molar-refractivity contribution in [1.29, 1.82) is 0 Å². The number of para-hydroxylation sites is 3. The number of aromatic nitrogens is 5. The summed E-state index contributed by atoms with van der Waals surface area (Å²) in [6.45, 7) is 0.889. The smallest absolute Gasteiger partial charge is 0.432 e. The molecule has 0 spiro atoms. The van der Waals surface area contributed by atoms with E-state index in [0.717, 1.165) is 69.2 Å². The normalized spacial score (nSPS) is 12.9. The van der Waals surface area contributed by atoms with E-state index >= 15 is 0 Å². The third-order valence-corrected chi connectivity index (χ3v) is 8.36. The number of hydrogen-bond acceptors (Lipinski definition) is 3. The summed E-state index contributed by atoms with van der Waals surface area (Å²) in [5, 5.41) is 4.62. The molecule has 0 amide bonds. The van der Waals surface area contributed by atoms with Crippen LogP contribution in [0, 0.1) is 12.1 Å². The third kappa shape index (κ3) is 3.44. The van der Waals surface area contributed by atoms with Crippen LogP contribution in [0.1, 0.15) is 5.56 Å². The predicted octanol–water partition coefficient (Wildman–Crippen LogP) is 7.30. The van der Waals surface area contributed by atoms with Crippen LogP contribution in [0.25, 0.3) is 55.4 Å². The Morgan fingerprint density at radius 1 is 0.667 bits per heavy atom. The number of anilines is 2. The van der Waals surface area contributed by atoms with Crippen molar-refractivity contribution in [3.8, 4) is 11.6 Å². The maximum atomic E-state index is 5.35. The summed E-state index contributed by atoms with van der Waals surface area (Å²) in [5.41, 5.74) is 5.35. The molecule has 8 aromatic rings. The van der Waals surface area contributed by atoms with E-state index in [0.29, 0.717) is 0 Å². The largest absolute Gasteiger partial charge is 2.00 e. The minimum absolute atomic E-state index is 0. The maximum absolute atomic E-state index is 5.35. The molecule has 0 N–H and O–H groups in total. The average molecular weight is 587 g/mol. The molecule has 6 nitrogen and oxygen atoms in total. The van der Waals surface area contributed by atoms with Crippen molar-refractivity contribution in [1.82, 2.24) is 23.7 Å². The van der Waals surface area contributed by atoms with Crippen LogP contribution in [0.2, 0.25) is 0 Å². The molecule has 0 aliphatic carbocycles. The Morgan fingerprint density at radius 2 is 1.38 bits per heavy atom. The van der Waals surface area contributed by atoms with E-state index in [9.17, 15) is 0 Å². The summed E-state index contributed by atoms with van der Waals surface area (Å²) in [5.74, 6) is 3.73. The molecule has 1 aliphatic rings. The number of aryl methyl sites for hydroxylation is 1. The monoisotopic (exact) mass is 586 g/mol. The molecular formula is C35H24N6Ni. The van der Waals surface area contributed by atoms with E-state index in [1.165, 1.54) is 16.3 Å². The first kappa shape index (κ1) is 24.9. The Kier molecular flexibility index (Phi) is 5.53. The van der Waals surface area contributed by atoms with Crippen molar-refractivity contribution < 1.29 is 16.5 Å². The van der Waals surface area contributed by atoms with Gasteiger partial charge in [-0.25, -0.2) is 22.1 Å². The van der Waals surface area contributed by atoms with Gasteiger partial charge in [0.2, 0.25) is 0 Å². The number of benzene rings is 3. The minimum atomic E-state index is 0. The standard InChI is InChI=1S/C35H24N6.Ni/c1-38-21-8-15-33(38)39-22-20-23-16-18-32(36-34(23)39)41-30-14-7-4-11-26(30)27-17-19-31(37-35(27)41)40-28-12-5-2-9-24(28)25-10-3-6-13-29(25)40;/h2-12,14,16-19,21H,20,22H2,1H3;/q-2;+2. The van der Waals surface area contributed by atoms with E-state index in [1.807, 2.05) is 24.4 Å². The van der Waals surface area contributed by atoms with E-state index < -0.39 is 0 Å². The SMILES string of the molecule is Cn1cc[c-]c1N1CCc2ccc(-n3c4ccccc4c4ccc(-n5c6[c-]cccc6c6ccccc65)nc43)nc21.[Ni+2]. The Hall–Kier alpha value is -4.87. The predicted molar refractivity (Wildman–Crippen MR) is 165 cm³/mol. The fourth-order valence-electron chi connectivity index (χ4n) is 6.50. The first-order chi connectivity index (χ1) is 20.3. The number of hydrogen-bond donors (Lipinski definition) is 0. The number of rotatable bonds is 3. The van der Waals surface area contributed by atoms with Crippen LogP contribution in [-0.2, 0) is 30.0 Å². The molecule has 1 aliphatic heterocycles. The van der Waals surface area contributed by atoms with Gasteiger partial charge in [-0.2, -0.15) is 24.3 Å². The van der Waals surface area contributed by atoms with Gasteiger partial charge in [-0.15, -0.1) is 11.6 Å². The van der Waals surface area contributed by atoms with Crippen LogP contribution >= 0.6 is 0 Å². The van der Waals surface area contributed by atoms with E-state index in [1.54, 1.807) is 0 Å². The van der Waals surface area contributed by atoms with Crippen LogP contribution in [0.15, 0.2) is 103 Å². The van der Waals surface area contributed by atoms with E-state index in [2.05, 4.69) is 117 Å². The third-order valence-electron chi connectivity index (χ3n) is 8.36. The first-order valence-electron chi connectivity index (χ1n) is 13.9. The van der Waals surface area contributed by atoms with Gasteiger partial charge in [0.25, 0.3) is 0 Å². The average Bonchev–Trinajstić information content (AvgIpc) is 3.78. The molecule has 3 aromatic carbocycles. The summed E-state index contributed by atoms with van der Waals surface area (Å²) in [6, 6.07) is 40.6. The number of pyridine rings is 2. The molecule has 9 rings (SSSR count). The van der Waals surface area contributed by atoms with E-state index in [-0.39, 0.29) is 16.5 Å². The van der Waals surface area contributed by atoms with Gasteiger partial charge in [0, 0.05) is 28.7 Å². The molecule has 42 heavy (non-hydrogen) atoms.